The summed E-state index contributed by atoms with van der Waals surface area (Å²) in [6, 6.07) is 10.1. The number of benzene rings is 1. The van der Waals surface area contributed by atoms with Gasteiger partial charge in [-0.2, -0.15) is 0 Å². The average Bonchev–Trinajstić information content (AvgIpc) is 2.44. The zero-order valence-electron chi connectivity index (χ0n) is 12.5. The van der Waals surface area contributed by atoms with Crippen LogP contribution >= 0.6 is 0 Å². The first kappa shape index (κ1) is 15.5. The first-order valence-electron chi connectivity index (χ1n) is 7.62. The van der Waals surface area contributed by atoms with Gasteiger partial charge < -0.3 is 10.4 Å². The van der Waals surface area contributed by atoms with Gasteiger partial charge in [-0.25, -0.2) is 0 Å². The minimum atomic E-state index is -0.834. The fourth-order valence-corrected chi connectivity index (χ4v) is 2.90. The van der Waals surface area contributed by atoms with E-state index >= 15 is 0 Å². The number of carbonyl (C=O) groups is 2. The van der Waals surface area contributed by atoms with Crippen LogP contribution in [0, 0.1) is 5.41 Å². The minimum Gasteiger partial charge on any atom is -0.481 e. The number of rotatable bonds is 7. The van der Waals surface area contributed by atoms with E-state index in [-0.39, 0.29) is 18.2 Å². The maximum absolute atomic E-state index is 12.0. The summed E-state index contributed by atoms with van der Waals surface area (Å²) in [5.74, 6) is -0.706. The topological polar surface area (TPSA) is 66.4 Å². The van der Waals surface area contributed by atoms with E-state index in [9.17, 15) is 14.7 Å². The second kappa shape index (κ2) is 6.74. The predicted octanol–water partition coefficient (Wildman–Crippen LogP) is 2.94. The van der Waals surface area contributed by atoms with Crippen molar-refractivity contribution < 1.29 is 14.7 Å². The van der Waals surface area contributed by atoms with Crippen LogP contribution in [0.4, 0.5) is 0 Å². The van der Waals surface area contributed by atoms with Crippen molar-refractivity contribution in [1.29, 1.82) is 0 Å². The lowest BCUT2D eigenvalue weighted by Gasteiger charge is -2.37. The number of carboxylic acid groups (broad SMARTS) is 1. The molecule has 0 heterocycles. The third-order valence-corrected chi connectivity index (χ3v) is 4.57. The number of hydrogen-bond donors (Lipinski definition) is 2. The molecule has 2 N–H and O–H groups in total. The van der Waals surface area contributed by atoms with Gasteiger partial charge in [0.05, 0.1) is 5.41 Å². The van der Waals surface area contributed by atoms with Crippen LogP contribution in [-0.4, -0.2) is 23.5 Å². The predicted molar refractivity (Wildman–Crippen MR) is 81.0 cm³/mol. The highest BCUT2D eigenvalue weighted by Gasteiger charge is 2.45. The molecule has 0 aromatic heterocycles. The van der Waals surface area contributed by atoms with Crippen LogP contribution in [0.2, 0.25) is 0 Å². The maximum atomic E-state index is 12.0. The zero-order chi connectivity index (χ0) is 15.3. The van der Waals surface area contributed by atoms with Gasteiger partial charge in [-0.3, -0.25) is 9.59 Å². The van der Waals surface area contributed by atoms with Gasteiger partial charge in [-0.15, -0.1) is 0 Å². The highest BCUT2D eigenvalue weighted by atomic mass is 16.4. The third-order valence-electron chi connectivity index (χ3n) is 4.57. The fourth-order valence-electron chi connectivity index (χ4n) is 2.90. The Labute approximate surface area is 125 Å². The second-order valence-electron chi connectivity index (χ2n) is 5.94. The normalized spacial score (nSPS) is 17.6. The number of carbonyl (C=O) groups excluding carboxylic acids is 1. The molecule has 1 amide bonds. The Balaban J connectivity index is 1.87. The molecule has 21 heavy (non-hydrogen) atoms. The fraction of sp³-hybridized carbons (Fsp3) is 0.529. The molecular weight excluding hydrogens is 266 g/mol. The first-order valence-corrected chi connectivity index (χ1v) is 7.62. The molecule has 0 spiro atoms. The van der Waals surface area contributed by atoms with Gasteiger partial charge in [0.1, 0.15) is 0 Å². The standard InChI is InChI=1S/C17H23NO3/c1-2-13(14-7-4-3-5-8-14)12-18-15(19)11-17(16(20)21)9-6-10-17/h3-5,7-8,13H,2,6,9-12H2,1H3,(H,18,19)(H,20,21). The summed E-state index contributed by atoms with van der Waals surface area (Å²) in [4.78, 5) is 23.3. The second-order valence-corrected chi connectivity index (χ2v) is 5.94. The molecule has 1 unspecified atom stereocenters. The van der Waals surface area contributed by atoms with Crippen molar-refractivity contribution >= 4 is 11.9 Å². The summed E-state index contributed by atoms with van der Waals surface area (Å²) < 4.78 is 0. The smallest absolute Gasteiger partial charge is 0.310 e. The number of aliphatic carboxylic acids is 1. The van der Waals surface area contributed by atoms with Gasteiger partial charge in [-0.05, 0) is 24.8 Å². The van der Waals surface area contributed by atoms with Crippen molar-refractivity contribution in [2.24, 2.45) is 5.41 Å². The monoisotopic (exact) mass is 289 g/mol. The molecule has 1 aromatic carbocycles. The highest BCUT2D eigenvalue weighted by molar-refractivity contribution is 5.85. The molecule has 0 aliphatic heterocycles. The largest absolute Gasteiger partial charge is 0.481 e. The Morgan fingerprint density at radius 1 is 1.29 bits per heavy atom. The molecule has 1 atom stereocenters. The van der Waals surface area contributed by atoms with Gasteiger partial charge in [-0.1, -0.05) is 43.7 Å². The van der Waals surface area contributed by atoms with E-state index in [1.807, 2.05) is 18.2 Å². The van der Waals surface area contributed by atoms with Crippen molar-refractivity contribution in [3.63, 3.8) is 0 Å². The number of nitrogens with one attached hydrogen (secondary N) is 1. The third kappa shape index (κ3) is 3.63. The molecule has 0 bridgehead atoms. The highest BCUT2D eigenvalue weighted by Crippen LogP contribution is 2.44. The molecule has 1 aromatic rings. The Hall–Kier alpha value is -1.84. The van der Waals surface area contributed by atoms with Crippen LogP contribution < -0.4 is 5.32 Å². The summed E-state index contributed by atoms with van der Waals surface area (Å²) in [6.07, 6.45) is 3.18. The van der Waals surface area contributed by atoms with Crippen LogP contribution in [0.1, 0.15) is 50.5 Å². The zero-order valence-corrected chi connectivity index (χ0v) is 12.5. The van der Waals surface area contributed by atoms with E-state index in [1.165, 1.54) is 5.56 Å². The molecule has 0 radical (unpaired) electrons. The Kier molecular flexibility index (Phi) is 4.99. The average molecular weight is 289 g/mol. The molecule has 2 rings (SSSR count). The molecule has 4 nitrogen and oxygen atoms in total. The van der Waals surface area contributed by atoms with Crippen molar-refractivity contribution in [2.75, 3.05) is 6.54 Å². The van der Waals surface area contributed by atoms with Gasteiger partial charge in [0.15, 0.2) is 0 Å². The van der Waals surface area contributed by atoms with Gasteiger partial charge in [0.25, 0.3) is 0 Å². The van der Waals surface area contributed by atoms with Crippen LogP contribution in [-0.2, 0) is 9.59 Å². The van der Waals surface area contributed by atoms with E-state index in [4.69, 9.17) is 0 Å². The molecule has 1 fully saturated rings. The Bertz CT molecular complexity index is 494. The summed E-state index contributed by atoms with van der Waals surface area (Å²) >= 11 is 0. The van der Waals surface area contributed by atoms with Crippen LogP contribution in [0.25, 0.3) is 0 Å². The van der Waals surface area contributed by atoms with Gasteiger partial charge in [0, 0.05) is 18.9 Å². The van der Waals surface area contributed by atoms with Crippen LogP contribution in [0.15, 0.2) is 30.3 Å². The Morgan fingerprint density at radius 3 is 2.43 bits per heavy atom. The van der Waals surface area contributed by atoms with E-state index in [0.29, 0.717) is 19.4 Å². The number of carboxylic acids is 1. The maximum Gasteiger partial charge on any atom is 0.310 e. The number of amides is 1. The first-order chi connectivity index (χ1) is 10.1. The summed E-state index contributed by atoms with van der Waals surface area (Å²) in [7, 11) is 0. The molecule has 1 saturated carbocycles. The lowest BCUT2D eigenvalue weighted by atomic mass is 9.66. The van der Waals surface area contributed by atoms with Gasteiger partial charge in [0.2, 0.25) is 5.91 Å². The molecule has 1 aliphatic carbocycles. The van der Waals surface area contributed by atoms with Crippen molar-refractivity contribution in [3.8, 4) is 0 Å². The van der Waals surface area contributed by atoms with Crippen molar-refractivity contribution in [1.82, 2.24) is 5.32 Å². The van der Waals surface area contributed by atoms with E-state index in [1.54, 1.807) is 0 Å². The van der Waals surface area contributed by atoms with E-state index in [2.05, 4.69) is 24.4 Å². The van der Waals surface area contributed by atoms with Crippen LogP contribution in [0.5, 0.6) is 0 Å². The molecular formula is C17H23NO3. The van der Waals surface area contributed by atoms with E-state index in [0.717, 1.165) is 12.8 Å². The van der Waals surface area contributed by atoms with Crippen molar-refractivity contribution in [2.45, 2.75) is 44.9 Å². The van der Waals surface area contributed by atoms with Gasteiger partial charge >= 0.3 is 5.97 Å². The number of hydrogen-bond acceptors (Lipinski definition) is 2. The summed E-state index contributed by atoms with van der Waals surface area (Å²) in [6.45, 7) is 2.66. The molecule has 4 heteroatoms. The quantitative estimate of drug-likeness (QED) is 0.811. The minimum absolute atomic E-state index is 0.105. The lowest BCUT2D eigenvalue weighted by molar-refractivity contribution is -0.157. The molecule has 0 saturated heterocycles. The molecule has 114 valence electrons. The summed E-state index contributed by atoms with van der Waals surface area (Å²) in [5.41, 5.74) is 0.398. The lowest BCUT2D eigenvalue weighted by Crippen LogP contribution is -2.43. The summed E-state index contributed by atoms with van der Waals surface area (Å²) in [5, 5.41) is 12.2. The van der Waals surface area contributed by atoms with Crippen LogP contribution in [0.3, 0.4) is 0 Å². The molecule has 1 aliphatic rings. The van der Waals surface area contributed by atoms with Crippen molar-refractivity contribution in [3.05, 3.63) is 35.9 Å². The van der Waals surface area contributed by atoms with E-state index < -0.39 is 11.4 Å². The Morgan fingerprint density at radius 2 is 1.95 bits per heavy atom. The SMILES string of the molecule is CCC(CNC(=O)CC1(C(=O)O)CCC1)c1ccccc1.